The Kier molecular flexibility index (Phi) is 6.41. The normalized spacial score (nSPS) is 44.2. The van der Waals surface area contributed by atoms with Crippen molar-refractivity contribution in [2.24, 2.45) is 28.6 Å². The van der Waals surface area contributed by atoms with Gasteiger partial charge >= 0.3 is 0 Å². The van der Waals surface area contributed by atoms with Gasteiger partial charge in [-0.3, -0.25) is 14.4 Å². The van der Waals surface area contributed by atoms with Gasteiger partial charge in [0.1, 0.15) is 6.61 Å². The van der Waals surface area contributed by atoms with E-state index in [-0.39, 0.29) is 29.8 Å². The summed E-state index contributed by atoms with van der Waals surface area (Å²) in [5.41, 5.74) is -4.46. The van der Waals surface area contributed by atoms with Crippen molar-refractivity contribution in [2.45, 2.75) is 74.1 Å². The minimum atomic E-state index is -1.96. The predicted octanol–water partition coefficient (Wildman–Crippen LogP) is 4.50. The molecular weight excluding hydrogens is 525 g/mol. The van der Waals surface area contributed by atoms with Gasteiger partial charge < -0.3 is 10.2 Å². The number of fused-ring (bicyclic) bond motifs is 7. The van der Waals surface area contributed by atoms with Crippen LogP contribution in [0.15, 0.2) is 40.1 Å². The van der Waals surface area contributed by atoms with Gasteiger partial charge in [0.15, 0.2) is 22.8 Å². The average Bonchev–Trinajstić information content (AvgIpc) is 3.45. The number of carbonyl (C=O) groups is 2. The third kappa shape index (κ3) is 3.38. The summed E-state index contributed by atoms with van der Waals surface area (Å²) in [6.07, 6.45) is 7.77. The second kappa shape index (κ2) is 9.08. The molecule has 6 rings (SSSR count). The van der Waals surface area contributed by atoms with Crippen molar-refractivity contribution in [3.8, 4) is 0 Å². The first kappa shape index (κ1) is 26.8. The molecular formula is C29H36FNO5S2. The van der Waals surface area contributed by atoms with Crippen molar-refractivity contribution < 1.29 is 29.0 Å². The van der Waals surface area contributed by atoms with E-state index in [1.807, 2.05) is 18.2 Å². The van der Waals surface area contributed by atoms with Crippen molar-refractivity contribution >= 4 is 34.7 Å². The highest BCUT2D eigenvalue weighted by Crippen LogP contribution is 2.72. The Hall–Kier alpha value is -1.36. The number of rotatable bonds is 5. The summed E-state index contributed by atoms with van der Waals surface area (Å²) in [5, 5.41) is 23.7. The van der Waals surface area contributed by atoms with Crippen LogP contribution >= 0.6 is 23.1 Å². The summed E-state index contributed by atoms with van der Waals surface area (Å²) >= 11 is 3.38. The number of halogens is 1. The molecule has 2 heterocycles. The summed E-state index contributed by atoms with van der Waals surface area (Å²) in [4.78, 5) is 33.7. The van der Waals surface area contributed by atoms with Crippen LogP contribution in [0, 0.1) is 28.6 Å². The first-order valence-corrected chi connectivity index (χ1v) is 15.6. The Balaban J connectivity index is 1.39. The molecule has 38 heavy (non-hydrogen) atoms. The molecule has 5 aliphatic rings. The molecule has 0 unspecified atom stereocenters. The van der Waals surface area contributed by atoms with E-state index >= 15 is 4.39 Å². The summed E-state index contributed by atoms with van der Waals surface area (Å²) in [5.74, 6) is -1.38. The number of nitrogens with zero attached hydrogens (tertiary/aromatic N) is 1. The summed E-state index contributed by atoms with van der Waals surface area (Å²) in [7, 11) is 0. The minimum absolute atomic E-state index is 0.0566. The summed E-state index contributed by atoms with van der Waals surface area (Å²) in [6, 6.07) is 4.15. The number of aliphatic hydroxyl groups excluding tert-OH is 2. The first-order valence-electron chi connectivity index (χ1n) is 13.6. The lowest BCUT2D eigenvalue weighted by Crippen LogP contribution is -2.71. The van der Waals surface area contributed by atoms with Gasteiger partial charge in [-0.1, -0.05) is 18.6 Å². The molecule has 206 valence electrons. The van der Waals surface area contributed by atoms with Crippen molar-refractivity contribution in [1.82, 2.24) is 5.06 Å². The van der Waals surface area contributed by atoms with Gasteiger partial charge in [0.25, 0.3) is 0 Å². The van der Waals surface area contributed by atoms with E-state index < -0.39 is 40.7 Å². The van der Waals surface area contributed by atoms with E-state index in [2.05, 4.69) is 12.1 Å². The number of carbonyl (C=O) groups excluding carboxylic acids is 2. The zero-order chi connectivity index (χ0) is 27.1. The second-order valence-electron chi connectivity index (χ2n) is 12.2. The highest BCUT2D eigenvalue weighted by Gasteiger charge is 2.77. The zero-order valence-corrected chi connectivity index (χ0v) is 23.7. The predicted molar refractivity (Wildman–Crippen MR) is 144 cm³/mol. The molecule has 0 spiro atoms. The van der Waals surface area contributed by atoms with E-state index in [1.165, 1.54) is 16.4 Å². The van der Waals surface area contributed by atoms with Crippen LogP contribution < -0.4 is 0 Å². The Morgan fingerprint density at radius 3 is 2.79 bits per heavy atom. The lowest BCUT2D eigenvalue weighted by atomic mass is 9.44. The number of allylic oxidation sites excluding steroid dienone is 4. The molecule has 0 bridgehead atoms. The standard InChI is InChI=1S/C29H36FNO5S2/c1-26-10-8-19(33)12-17(26)4-6-21-22-13-18-9-11-31(15-20-5-7-25(37-3)38-20)36-29(18,24(35)16-32)27(22,2)14-23(34)28(21,26)30/h5,7-8,10,12,18,21-23,32,34H,4,6,9,11,13-16H2,1-3H3/t18-,21+,22+,23+,26+,27+,28+,29+/m1/s1. The highest BCUT2D eigenvalue weighted by molar-refractivity contribution is 8.00. The molecule has 2 N–H and O–H groups in total. The van der Waals surface area contributed by atoms with Crippen molar-refractivity contribution in [3.05, 3.63) is 40.8 Å². The molecule has 4 fully saturated rings. The van der Waals surface area contributed by atoms with Gasteiger partial charge in [0.2, 0.25) is 0 Å². The molecule has 0 amide bonds. The molecule has 8 atom stereocenters. The Morgan fingerprint density at radius 1 is 1.29 bits per heavy atom. The molecule has 1 aromatic rings. The van der Waals surface area contributed by atoms with E-state index in [1.54, 1.807) is 36.1 Å². The maximum atomic E-state index is 17.5. The molecule has 1 aliphatic heterocycles. The maximum Gasteiger partial charge on any atom is 0.192 e. The largest absolute Gasteiger partial charge is 0.390 e. The van der Waals surface area contributed by atoms with E-state index in [0.717, 1.165) is 10.5 Å². The van der Waals surface area contributed by atoms with Crippen molar-refractivity contribution in [3.63, 3.8) is 0 Å². The summed E-state index contributed by atoms with van der Waals surface area (Å²) < 4.78 is 18.7. The van der Waals surface area contributed by atoms with Gasteiger partial charge in [-0.2, -0.15) is 5.06 Å². The monoisotopic (exact) mass is 561 g/mol. The SMILES string of the molecule is CSc1ccc(CN2CC[C@@H]3C[C@H]4[C@@H]5CCC6=CC(=O)C=C[C@]6(C)[C@@]5(F)[C@@H](O)C[C@]4(C)[C@]3(C(=O)CO)O2)s1. The van der Waals surface area contributed by atoms with Crippen LogP contribution in [0.5, 0.6) is 0 Å². The fourth-order valence-corrected chi connectivity index (χ4v) is 10.6. The van der Waals surface area contributed by atoms with Crippen LogP contribution in [-0.2, 0) is 21.0 Å². The summed E-state index contributed by atoms with van der Waals surface area (Å²) in [6.45, 7) is 4.30. The minimum Gasteiger partial charge on any atom is -0.390 e. The second-order valence-corrected chi connectivity index (χ2v) is 14.5. The lowest BCUT2D eigenvalue weighted by Gasteiger charge is -2.63. The molecule has 9 heteroatoms. The van der Waals surface area contributed by atoms with Crippen molar-refractivity contribution in [2.75, 3.05) is 19.4 Å². The number of thioether (sulfide) groups is 1. The van der Waals surface area contributed by atoms with Gasteiger partial charge in [-0.15, -0.1) is 23.1 Å². The fourth-order valence-electron chi connectivity index (χ4n) is 8.96. The van der Waals surface area contributed by atoms with Gasteiger partial charge in [0.05, 0.1) is 16.9 Å². The van der Waals surface area contributed by atoms with Crippen LogP contribution in [0.25, 0.3) is 0 Å². The van der Waals surface area contributed by atoms with Crippen LogP contribution in [0.1, 0.15) is 50.8 Å². The molecule has 0 radical (unpaired) electrons. The van der Waals surface area contributed by atoms with Crippen LogP contribution in [-0.4, -0.2) is 63.6 Å². The van der Waals surface area contributed by atoms with Gasteiger partial charge in [-0.05, 0) is 81.4 Å². The molecule has 6 nitrogen and oxygen atoms in total. The number of Topliss-reactive ketones (excluding diaryl/α,β-unsaturated/α-hetero) is 1. The van der Waals surface area contributed by atoms with Crippen LogP contribution in [0.3, 0.4) is 0 Å². The number of thiophene rings is 1. The van der Waals surface area contributed by atoms with E-state index in [0.29, 0.717) is 38.8 Å². The maximum absolute atomic E-state index is 17.5. The highest BCUT2D eigenvalue weighted by atomic mass is 32.2. The lowest BCUT2D eigenvalue weighted by molar-refractivity contribution is -0.320. The topological polar surface area (TPSA) is 87.1 Å². The van der Waals surface area contributed by atoms with E-state index in [4.69, 9.17) is 4.84 Å². The average molecular weight is 562 g/mol. The Bertz CT molecular complexity index is 1230. The van der Waals surface area contributed by atoms with Gasteiger partial charge in [-0.25, -0.2) is 4.39 Å². The molecule has 3 saturated carbocycles. The third-order valence-corrected chi connectivity index (χ3v) is 12.9. The van der Waals surface area contributed by atoms with Crippen LogP contribution in [0.4, 0.5) is 4.39 Å². The quantitative estimate of drug-likeness (QED) is 0.512. The van der Waals surface area contributed by atoms with Crippen LogP contribution in [0.2, 0.25) is 0 Å². The zero-order valence-electron chi connectivity index (χ0n) is 22.1. The van der Waals surface area contributed by atoms with Gasteiger partial charge in [0, 0.05) is 28.2 Å². The third-order valence-electron chi connectivity index (χ3n) is 10.7. The number of aliphatic hydroxyl groups is 2. The Labute approximate surface area is 231 Å². The number of hydroxylamine groups is 2. The molecule has 4 aliphatic carbocycles. The number of hydrogen-bond acceptors (Lipinski definition) is 8. The molecule has 1 saturated heterocycles. The van der Waals surface area contributed by atoms with Crippen molar-refractivity contribution in [1.29, 1.82) is 0 Å². The number of hydrogen-bond donors (Lipinski definition) is 2. The van der Waals surface area contributed by atoms with E-state index in [9.17, 15) is 19.8 Å². The Morgan fingerprint density at radius 2 is 2.08 bits per heavy atom. The molecule has 0 aromatic carbocycles. The first-order chi connectivity index (χ1) is 18.0. The number of ketones is 2. The fraction of sp³-hybridized carbons (Fsp3) is 0.655. The molecule has 1 aromatic heterocycles. The smallest absolute Gasteiger partial charge is 0.192 e. The number of alkyl halides is 1.